The molecule has 154 valence electrons. The van der Waals surface area contributed by atoms with E-state index >= 15 is 0 Å². The predicted octanol–water partition coefficient (Wildman–Crippen LogP) is 4.07. The number of dihydropyridines is 1. The summed E-state index contributed by atoms with van der Waals surface area (Å²) in [6.07, 6.45) is 1.47. The highest BCUT2D eigenvalue weighted by Gasteiger charge is 2.37. The molecule has 9 heteroatoms. The molecule has 5 nitrogen and oxygen atoms in total. The van der Waals surface area contributed by atoms with Gasteiger partial charge in [-0.2, -0.15) is 13.2 Å². The molecule has 1 atom stereocenters. The van der Waals surface area contributed by atoms with Crippen LogP contribution in [-0.2, 0) is 11.3 Å². The second-order valence-corrected chi connectivity index (χ2v) is 9.14. The number of rotatable bonds is 5. The minimum Gasteiger partial charge on any atom is -0.380 e. The average molecular weight is 414 g/mol. The molecule has 1 fully saturated rings. The van der Waals surface area contributed by atoms with Gasteiger partial charge in [0.05, 0.1) is 11.1 Å². The lowest BCUT2D eigenvalue weighted by molar-refractivity contribution is -0.114. The summed E-state index contributed by atoms with van der Waals surface area (Å²) in [4.78, 5) is 18.6. The summed E-state index contributed by atoms with van der Waals surface area (Å²) in [5.41, 5.74) is -0.635. The zero-order valence-electron chi connectivity index (χ0n) is 16.2. The van der Waals surface area contributed by atoms with Crippen molar-refractivity contribution in [3.05, 3.63) is 34.5 Å². The first-order valence-corrected chi connectivity index (χ1v) is 10.1. The molecule has 1 amide bonds. The van der Waals surface area contributed by atoms with E-state index in [1.807, 2.05) is 0 Å². The Morgan fingerprint density at radius 1 is 1.46 bits per heavy atom. The first kappa shape index (κ1) is 20.9. The Balaban J connectivity index is 1.57. The van der Waals surface area contributed by atoms with Gasteiger partial charge in [-0.25, -0.2) is 4.98 Å². The third kappa shape index (κ3) is 5.57. The molecule has 0 bridgehead atoms. The number of aromatic nitrogens is 1. The van der Waals surface area contributed by atoms with Gasteiger partial charge in [0.2, 0.25) is 5.91 Å². The zero-order valence-corrected chi connectivity index (χ0v) is 17.0. The average Bonchev–Trinajstić information content (AvgIpc) is 3.14. The highest BCUT2D eigenvalue weighted by atomic mass is 32.1. The Labute approximate surface area is 166 Å². The number of carbonyl (C=O) groups excluding carboxylic acids is 1. The van der Waals surface area contributed by atoms with Crippen LogP contribution >= 0.6 is 11.3 Å². The van der Waals surface area contributed by atoms with Crippen molar-refractivity contribution < 1.29 is 18.0 Å². The summed E-state index contributed by atoms with van der Waals surface area (Å²) in [5.74, 6) is 0.162. The number of carbonyl (C=O) groups is 1. The molecule has 28 heavy (non-hydrogen) atoms. The predicted molar refractivity (Wildman–Crippen MR) is 104 cm³/mol. The fraction of sp³-hybridized carbons (Fsp3) is 0.579. The van der Waals surface area contributed by atoms with Gasteiger partial charge >= 0.3 is 6.18 Å². The van der Waals surface area contributed by atoms with E-state index in [1.54, 1.807) is 20.0 Å². The number of alkyl halides is 3. The number of amides is 1. The third-order valence-corrected chi connectivity index (χ3v) is 5.65. The van der Waals surface area contributed by atoms with Crippen molar-refractivity contribution in [2.45, 2.75) is 51.9 Å². The van der Waals surface area contributed by atoms with Crippen molar-refractivity contribution in [1.82, 2.24) is 15.2 Å². The number of anilines is 1. The van der Waals surface area contributed by atoms with Crippen LogP contribution in [0, 0.1) is 5.92 Å². The molecule has 1 unspecified atom stereocenters. The van der Waals surface area contributed by atoms with Crippen LogP contribution in [0.3, 0.4) is 0 Å². The molecule has 1 aromatic rings. The minimum atomic E-state index is -4.33. The summed E-state index contributed by atoms with van der Waals surface area (Å²) >= 11 is 1.45. The molecule has 2 aliphatic heterocycles. The van der Waals surface area contributed by atoms with Crippen LogP contribution < -0.4 is 10.6 Å². The Morgan fingerprint density at radius 3 is 2.89 bits per heavy atom. The van der Waals surface area contributed by atoms with E-state index in [4.69, 9.17) is 0 Å². The Hall–Kier alpha value is -1.87. The summed E-state index contributed by atoms with van der Waals surface area (Å²) in [6, 6.07) is 0. The van der Waals surface area contributed by atoms with Crippen LogP contribution in [0.4, 0.5) is 18.3 Å². The minimum absolute atomic E-state index is 0.148. The lowest BCUT2D eigenvalue weighted by Gasteiger charge is -2.32. The molecule has 0 saturated carbocycles. The van der Waals surface area contributed by atoms with E-state index in [9.17, 15) is 18.0 Å². The second-order valence-electron chi connectivity index (χ2n) is 8.02. The van der Waals surface area contributed by atoms with Gasteiger partial charge < -0.3 is 10.6 Å². The molecule has 2 aliphatic rings. The molecular weight excluding hydrogens is 389 g/mol. The van der Waals surface area contributed by atoms with Crippen molar-refractivity contribution in [3.8, 4) is 0 Å². The summed E-state index contributed by atoms with van der Waals surface area (Å²) in [6.45, 7) is 7.42. The van der Waals surface area contributed by atoms with Crippen LogP contribution in [0.2, 0.25) is 0 Å². The SMILES string of the molecule is CC(=O)Nc1ncc(CN2CCC(CC3=CC(C(F)(F)F)=CC(C)(C)N3)C2)s1. The maximum atomic E-state index is 13.2. The highest BCUT2D eigenvalue weighted by Crippen LogP contribution is 2.34. The van der Waals surface area contributed by atoms with E-state index in [1.165, 1.54) is 30.4 Å². The molecule has 0 aromatic carbocycles. The second kappa shape index (κ2) is 7.87. The summed E-state index contributed by atoms with van der Waals surface area (Å²) in [7, 11) is 0. The number of hydrogen-bond acceptors (Lipinski definition) is 5. The number of nitrogens with zero attached hydrogens (tertiary/aromatic N) is 2. The van der Waals surface area contributed by atoms with Crippen molar-refractivity contribution in [2.24, 2.45) is 5.92 Å². The van der Waals surface area contributed by atoms with Gasteiger partial charge in [0, 0.05) is 36.8 Å². The third-order valence-electron chi connectivity index (χ3n) is 4.75. The number of nitrogens with one attached hydrogen (secondary N) is 2. The first-order valence-electron chi connectivity index (χ1n) is 9.24. The van der Waals surface area contributed by atoms with Gasteiger partial charge in [0.1, 0.15) is 0 Å². The molecule has 0 aliphatic carbocycles. The van der Waals surface area contributed by atoms with E-state index in [2.05, 4.69) is 20.5 Å². The van der Waals surface area contributed by atoms with Crippen LogP contribution in [-0.4, -0.2) is 40.6 Å². The molecule has 1 saturated heterocycles. The Morgan fingerprint density at radius 2 is 2.21 bits per heavy atom. The molecule has 3 heterocycles. The fourth-order valence-electron chi connectivity index (χ4n) is 3.72. The monoisotopic (exact) mass is 414 g/mol. The van der Waals surface area contributed by atoms with Gasteiger partial charge in [0.25, 0.3) is 0 Å². The number of thiazole rings is 1. The van der Waals surface area contributed by atoms with Gasteiger partial charge in [-0.15, -0.1) is 11.3 Å². The molecule has 2 N–H and O–H groups in total. The van der Waals surface area contributed by atoms with Crippen molar-refractivity contribution in [2.75, 3.05) is 18.4 Å². The molecular formula is C19H25F3N4OS. The van der Waals surface area contributed by atoms with Gasteiger partial charge in [-0.05, 0) is 51.3 Å². The van der Waals surface area contributed by atoms with Crippen LogP contribution in [0.5, 0.6) is 0 Å². The quantitative estimate of drug-likeness (QED) is 0.763. The molecule has 0 radical (unpaired) electrons. The first-order chi connectivity index (χ1) is 13.0. The van der Waals surface area contributed by atoms with Crippen LogP contribution in [0.1, 0.15) is 38.5 Å². The maximum Gasteiger partial charge on any atom is 0.416 e. The standard InChI is InChI=1S/C19H25F3N4OS/c1-12(27)24-17-23-9-16(28-17)11-26-5-4-13(10-26)6-15-7-14(19(20,21)22)8-18(2,3)25-15/h7-9,13,25H,4-6,10-11H2,1-3H3,(H,23,24,27). The summed E-state index contributed by atoms with van der Waals surface area (Å²) in [5, 5.41) is 6.49. The van der Waals surface area contributed by atoms with Gasteiger partial charge in [0.15, 0.2) is 5.13 Å². The fourth-order valence-corrected chi connectivity index (χ4v) is 4.62. The Bertz CT molecular complexity index is 797. The van der Waals surface area contributed by atoms with Crippen molar-refractivity contribution in [3.63, 3.8) is 0 Å². The van der Waals surface area contributed by atoms with Crippen LogP contribution in [0.15, 0.2) is 29.6 Å². The zero-order chi connectivity index (χ0) is 20.5. The van der Waals surface area contributed by atoms with Gasteiger partial charge in [-0.3, -0.25) is 9.69 Å². The van der Waals surface area contributed by atoms with E-state index in [0.717, 1.165) is 30.9 Å². The lowest BCUT2D eigenvalue weighted by atomic mass is 9.92. The summed E-state index contributed by atoms with van der Waals surface area (Å²) < 4.78 is 39.5. The van der Waals surface area contributed by atoms with E-state index in [-0.39, 0.29) is 5.91 Å². The normalized spacial score (nSPS) is 22.4. The Kier molecular flexibility index (Phi) is 5.86. The maximum absolute atomic E-state index is 13.2. The van der Waals surface area contributed by atoms with E-state index < -0.39 is 17.3 Å². The number of halogens is 3. The van der Waals surface area contributed by atoms with Crippen molar-refractivity contribution in [1.29, 1.82) is 0 Å². The topological polar surface area (TPSA) is 57.3 Å². The number of hydrogen-bond donors (Lipinski definition) is 2. The van der Waals surface area contributed by atoms with Crippen molar-refractivity contribution >= 4 is 22.4 Å². The number of likely N-dealkylation sites (tertiary alicyclic amines) is 1. The van der Waals surface area contributed by atoms with Gasteiger partial charge in [-0.1, -0.05) is 0 Å². The number of allylic oxidation sites excluding steroid dienone is 3. The van der Waals surface area contributed by atoms with Crippen LogP contribution in [0.25, 0.3) is 0 Å². The lowest BCUT2D eigenvalue weighted by Crippen LogP contribution is -2.41. The molecule has 3 rings (SSSR count). The highest BCUT2D eigenvalue weighted by molar-refractivity contribution is 7.15. The smallest absolute Gasteiger partial charge is 0.380 e. The molecule has 1 aromatic heterocycles. The molecule has 0 spiro atoms. The largest absolute Gasteiger partial charge is 0.416 e. The van der Waals surface area contributed by atoms with E-state index in [0.29, 0.717) is 23.2 Å².